The maximum atomic E-state index is 14.0. The minimum atomic E-state index is -0.439. The number of carbonyl (C=O) groups is 2. The van der Waals surface area contributed by atoms with E-state index in [4.69, 9.17) is 0 Å². The standard InChI is InChI=1S/C19H20FN3O2S/c1-23-14(8-9-16(23)24)18(25)22-19-21-17(11-6-7-11)15(26-19)10-12-4-2-3-5-13(12)20/h2-5,11,14H,6-10H2,1H3,(H,21,22,25)/t14-/m0/s1. The molecule has 136 valence electrons. The van der Waals surface area contributed by atoms with Gasteiger partial charge in [-0.25, -0.2) is 9.37 Å². The van der Waals surface area contributed by atoms with Gasteiger partial charge in [-0.05, 0) is 30.9 Å². The van der Waals surface area contributed by atoms with E-state index in [0.29, 0.717) is 35.9 Å². The van der Waals surface area contributed by atoms with Gasteiger partial charge in [0.15, 0.2) is 5.13 Å². The number of anilines is 1. The van der Waals surface area contributed by atoms with E-state index in [2.05, 4.69) is 10.3 Å². The number of rotatable bonds is 5. The van der Waals surface area contributed by atoms with Crippen LogP contribution in [0.1, 0.15) is 47.7 Å². The first-order valence-electron chi connectivity index (χ1n) is 8.82. The second-order valence-electron chi connectivity index (χ2n) is 6.92. The predicted octanol–water partition coefficient (Wildman–Crippen LogP) is 3.31. The highest BCUT2D eigenvalue weighted by Crippen LogP contribution is 2.44. The molecule has 5 nitrogen and oxygen atoms in total. The van der Waals surface area contributed by atoms with Crippen LogP contribution in [0.25, 0.3) is 0 Å². The summed E-state index contributed by atoms with van der Waals surface area (Å²) in [5.74, 6) is -0.0242. The smallest absolute Gasteiger partial charge is 0.248 e. The largest absolute Gasteiger partial charge is 0.334 e. The molecule has 26 heavy (non-hydrogen) atoms. The number of hydrogen-bond donors (Lipinski definition) is 1. The SMILES string of the molecule is CN1C(=O)CC[C@H]1C(=O)Nc1nc(C2CC2)c(Cc2ccccc2F)s1. The number of halogens is 1. The lowest BCUT2D eigenvalue weighted by molar-refractivity contribution is -0.131. The molecule has 1 saturated carbocycles. The van der Waals surface area contributed by atoms with Crippen molar-refractivity contribution in [3.8, 4) is 0 Å². The number of amides is 2. The molecule has 2 aliphatic rings. The van der Waals surface area contributed by atoms with Crippen LogP contribution in [0.4, 0.5) is 9.52 Å². The van der Waals surface area contributed by atoms with E-state index in [1.807, 2.05) is 6.07 Å². The van der Waals surface area contributed by atoms with Gasteiger partial charge in [-0.15, -0.1) is 11.3 Å². The fourth-order valence-corrected chi connectivity index (χ4v) is 4.41. The van der Waals surface area contributed by atoms with Crippen molar-refractivity contribution in [3.05, 3.63) is 46.2 Å². The Hall–Kier alpha value is -2.28. The molecule has 2 heterocycles. The first kappa shape index (κ1) is 17.1. The molecule has 2 fully saturated rings. The number of nitrogens with zero attached hydrogens (tertiary/aromatic N) is 2. The summed E-state index contributed by atoms with van der Waals surface area (Å²) in [6, 6.07) is 6.31. The Labute approximate surface area is 155 Å². The second-order valence-corrected chi connectivity index (χ2v) is 8.00. The average molecular weight is 373 g/mol. The normalized spacial score (nSPS) is 19.8. The van der Waals surface area contributed by atoms with E-state index in [1.165, 1.54) is 22.3 Å². The topological polar surface area (TPSA) is 62.3 Å². The Balaban J connectivity index is 1.54. The van der Waals surface area contributed by atoms with Crippen LogP contribution in [0.5, 0.6) is 0 Å². The first-order valence-corrected chi connectivity index (χ1v) is 9.64. The van der Waals surface area contributed by atoms with Crippen LogP contribution in [0.2, 0.25) is 0 Å². The zero-order valence-electron chi connectivity index (χ0n) is 14.5. The van der Waals surface area contributed by atoms with Crippen LogP contribution in [0.3, 0.4) is 0 Å². The average Bonchev–Trinajstić information content (AvgIpc) is 3.31. The zero-order valence-corrected chi connectivity index (χ0v) is 15.3. The van der Waals surface area contributed by atoms with Crippen LogP contribution in [0, 0.1) is 5.82 Å². The third-order valence-electron chi connectivity index (χ3n) is 5.03. The summed E-state index contributed by atoms with van der Waals surface area (Å²) in [5.41, 5.74) is 1.61. The monoisotopic (exact) mass is 373 g/mol. The van der Waals surface area contributed by atoms with Crippen LogP contribution in [-0.2, 0) is 16.0 Å². The molecule has 2 amide bonds. The van der Waals surface area contributed by atoms with Crippen LogP contribution in [0.15, 0.2) is 24.3 Å². The Kier molecular flexibility index (Phi) is 4.48. The molecule has 0 unspecified atom stereocenters. The fraction of sp³-hybridized carbons (Fsp3) is 0.421. The van der Waals surface area contributed by atoms with Gasteiger partial charge in [0.05, 0.1) is 5.69 Å². The molecule has 1 N–H and O–H groups in total. The van der Waals surface area contributed by atoms with Crippen molar-refractivity contribution < 1.29 is 14.0 Å². The summed E-state index contributed by atoms with van der Waals surface area (Å²) in [5, 5.41) is 3.40. The summed E-state index contributed by atoms with van der Waals surface area (Å²) in [7, 11) is 1.65. The highest BCUT2D eigenvalue weighted by Gasteiger charge is 2.34. The van der Waals surface area contributed by atoms with E-state index >= 15 is 0 Å². The van der Waals surface area contributed by atoms with Gasteiger partial charge in [-0.3, -0.25) is 9.59 Å². The molecular weight excluding hydrogens is 353 g/mol. The van der Waals surface area contributed by atoms with Gasteiger partial charge in [0.1, 0.15) is 11.9 Å². The van der Waals surface area contributed by atoms with Crippen LogP contribution in [-0.4, -0.2) is 34.8 Å². The Morgan fingerprint density at radius 1 is 1.35 bits per heavy atom. The van der Waals surface area contributed by atoms with Gasteiger partial charge in [0, 0.05) is 30.7 Å². The van der Waals surface area contributed by atoms with Gasteiger partial charge >= 0.3 is 0 Å². The van der Waals surface area contributed by atoms with Gasteiger partial charge in [-0.2, -0.15) is 0 Å². The molecule has 1 atom stereocenters. The number of likely N-dealkylation sites (N-methyl/N-ethyl adjacent to an activating group) is 1. The second kappa shape index (κ2) is 6.79. The number of thiazole rings is 1. The van der Waals surface area contributed by atoms with Crippen LogP contribution < -0.4 is 5.32 Å². The van der Waals surface area contributed by atoms with Gasteiger partial charge in [-0.1, -0.05) is 18.2 Å². The van der Waals surface area contributed by atoms with E-state index in [1.54, 1.807) is 19.2 Å². The molecule has 0 spiro atoms. The molecule has 1 aliphatic heterocycles. The molecule has 1 saturated heterocycles. The van der Waals surface area contributed by atoms with Crippen molar-refractivity contribution in [1.29, 1.82) is 0 Å². The van der Waals surface area contributed by atoms with E-state index in [-0.39, 0.29) is 17.6 Å². The molecular formula is C19H20FN3O2S. The molecule has 0 bridgehead atoms. The summed E-state index contributed by atoms with van der Waals surface area (Å²) >= 11 is 1.41. The van der Waals surface area contributed by atoms with Crippen molar-refractivity contribution in [2.75, 3.05) is 12.4 Å². The van der Waals surface area contributed by atoms with Crippen molar-refractivity contribution in [2.24, 2.45) is 0 Å². The third-order valence-corrected chi connectivity index (χ3v) is 6.01. The van der Waals surface area contributed by atoms with Crippen molar-refractivity contribution in [3.63, 3.8) is 0 Å². The molecule has 1 aromatic heterocycles. The van der Waals surface area contributed by atoms with E-state index in [9.17, 15) is 14.0 Å². The van der Waals surface area contributed by atoms with Gasteiger partial charge in [0.25, 0.3) is 0 Å². The van der Waals surface area contributed by atoms with E-state index in [0.717, 1.165) is 23.4 Å². The summed E-state index contributed by atoms with van der Waals surface area (Å²) in [6.07, 6.45) is 3.58. The lowest BCUT2D eigenvalue weighted by Gasteiger charge is -2.18. The van der Waals surface area contributed by atoms with Crippen LogP contribution >= 0.6 is 11.3 Å². The number of aromatic nitrogens is 1. The van der Waals surface area contributed by atoms with E-state index < -0.39 is 6.04 Å². The lowest BCUT2D eigenvalue weighted by atomic mass is 10.1. The fourth-order valence-electron chi connectivity index (χ4n) is 3.33. The predicted molar refractivity (Wildman–Crippen MR) is 97.7 cm³/mol. The summed E-state index contributed by atoms with van der Waals surface area (Å²) in [6.45, 7) is 0. The van der Waals surface area contributed by atoms with Gasteiger partial charge < -0.3 is 10.2 Å². The maximum absolute atomic E-state index is 14.0. The highest BCUT2D eigenvalue weighted by atomic mass is 32.1. The van der Waals surface area contributed by atoms with Crippen molar-refractivity contribution in [2.45, 2.75) is 44.1 Å². The first-order chi connectivity index (χ1) is 12.5. The summed E-state index contributed by atoms with van der Waals surface area (Å²) in [4.78, 5) is 31.2. The molecule has 1 aliphatic carbocycles. The number of hydrogen-bond acceptors (Lipinski definition) is 4. The minimum Gasteiger partial charge on any atom is -0.334 e. The number of benzene rings is 1. The maximum Gasteiger partial charge on any atom is 0.248 e. The molecule has 4 rings (SSSR count). The number of nitrogens with one attached hydrogen (secondary N) is 1. The zero-order chi connectivity index (χ0) is 18.3. The molecule has 0 radical (unpaired) electrons. The third kappa shape index (κ3) is 3.35. The number of carbonyl (C=O) groups excluding carboxylic acids is 2. The Morgan fingerprint density at radius 3 is 2.77 bits per heavy atom. The van der Waals surface area contributed by atoms with Crippen molar-refractivity contribution in [1.82, 2.24) is 9.88 Å². The number of likely N-dealkylation sites (tertiary alicyclic amines) is 1. The molecule has 7 heteroatoms. The Morgan fingerprint density at radius 2 is 2.12 bits per heavy atom. The summed E-state index contributed by atoms with van der Waals surface area (Å²) < 4.78 is 14.0. The highest BCUT2D eigenvalue weighted by molar-refractivity contribution is 7.15. The Bertz CT molecular complexity index is 862. The van der Waals surface area contributed by atoms with Gasteiger partial charge in [0.2, 0.25) is 11.8 Å². The lowest BCUT2D eigenvalue weighted by Crippen LogP contribution is -2.38. The quantitative estimate of drug-likeness (QED) is 0.875. The molecule has 1 aromatic carbocycles. The minimum absolute atomic E-state index is 0.0109. The van der Waals surface area contributed by atoms with Crippen molar-refractivity contribution >= 4 is 28.3 Å². The molecule has 2 aromatic rings.